The van der Waals surface area contributed by atoms with Crippen molar-refractivity contribution in [2.45, 2.75) is 13.0 Å². The van der Waals surface area contributed by atoms with Gasteiger partial charge in [-0.25, -0.2) is 8.78 Å². The van der Waals surface area contributed by atoms with Crippen LogP contribution in [0.1, 0.15) is 22.7 Å². The van der Waals surface area contributed by atoms with Crippen LogP contribution in [-0.2, 0) is 0 Å². The van der Waals surface area contributed by atoms with E-state index in [1.54, 1.807) is 25.1 Å². The van der Waals surface area contributed by atoms with Crippen molar-refractivity contribution in [2.75, 3.05) is 0 Å². The molecular formula is C14H11BrClF2N. The fourth-order valence-electron chi connectivity index (χ4n) is 1.85. The van der Waals surface area contributed by atoms with Gasteiger partial charge in [0.05, 0.1) is 10.5 Å². The minimum absolute atomic E-state index is 0.228. The largest absolute Gasteiger partial charge is 0.320 e. The van der Waals surface area contributed by atoms with E-state index in [2.05, 4.69) is 15.9 Å². The Morgan fingerprint density at radius 1 is 1.16 bits per heavy atom. The maximum atomic E-state index is 13.5. The molecule has 2 rings (SSSR count). The third-order valence-electron chi connectivity index (χ3n) is 2.93. The summed E-state index contributed by atoms with van der Waals surface area (Å²) in [6.07, 6.45) is 0. The fraction of sp³-hybridized carbons (Fsp3) is 0.143. The van der Waals surface area contributed by atoms with Gasteiger partial charge in [0.15, 0.2) is 0 Å². The molecule has 2 aromatic rings. The van der Waals surface area contributed by atoms with Gasteiger partial charge in [0.2, 0.25) is 0 Å². The molecule has 0 heterocycles. The van der Waals surface area contributed by atoms with E-state index in [4.69, 9.17) is 17.3 Å². The zero-order valence-corrected chi connectivity index (χ0v) is 12.4. The molecule has 0 aromatic heterocycles. The Morgan fingerprint density at radius 2 is 1.84 bits per heavy atom. The molecule has 1 nitrogen and oxygen atoms in total. The Bertz CT molecular complexity index is 631. The van der Waals surface area contributed by atoms with Crippen molar-refractivity contribution in [3.05, 3.63) is 68.2 Å². The quantitative estimate of drug-likeness (QED) is 0.835. The average molecular weight is 347 g/mol. The van der Waals surface area contributed by atoms with Crippen LogP contribution in [0.15, 0.2) is 34.8 Å². The predicted octanol–water partition coefficient (Wildman–Crippen LogP) is 4.74. The molecule has 5 heteroatoms. The van der Waals surface area contributed by atoms with Gasteiger partial charge in [0.25, 0.3) is 0 Å². The van der Waals surface area contributed by atoms with E-state index in [1.165, 1.54) is 12.1 Å². The fourth-order valence-corrected chi connectivity index (χ4v) is 2.62. The highest BCUT2D eigenvalue weighted by Crippen LogP contribution is 2.33. The van der Waals surface area contributed by atoms with Gasteiger partial charge in [-0.15, -0.1) is 0 Å². The number of benzene rings is 2. The monoisotopic (exact) mass is 345 g/mol. The van der Waals surface area contributed by atoms with E-state index in [0.29, 0.717) is 21.2 Å². The van der Waals surface area contributed by atoms with Gasteiger partial charge >= 0.3 is 0 Å². The van der Waals surface area contributed by atoms with E-state index in [9.17, 15) is 8.78 Å². The second-order valence-electron chi connectivity index (χ2n) is 4.24. The lowest BCUT2D eigenvalue weighted by molar-refractivity contribution is 0.613. The first-order valence-corrected chi connectivity index (χ1v) is 6.74. The van der Waals surface area contributed by atoms with Gasteiger partial charge in [-0.3, -0.25) is 0 Å². The van der Waals surface area contributed by atoms with Crippen molar-refractivity contribution in [3.63, 3.8) is 0 Å². The van der Waals surface area contributed by atoms with Crippen molar-refractivity contribution in [1.82, 2.24) is 0 Å². The highest BCUT2D eigenvalue weighted by Gasteiger charge is 2.18. The summed E-state index contributed by atoms with van der Waals surface area (Å²) >= 11 is 9.17. The molecule has 0 aliphatic rings. The van der Waals surface area contributed by atoms with Crippen LogP contribution in [0.3, 0.4) is 0 Å². The number of rotatable bonds is 2. The van der Waals surface area contributed by atoms with E-state index < -0.39 is 11.9 Å². The Balaban J connectivity index is 2.53. The highest BCUT2D eigenvalue weighted by molar-refractivity contribution is 9.10. The van der Waals surface area contributed by atoms with Gasteiger partial charge < -0.3 is 5.73 Å². The van der Waals surface area contributed by atoms with Crippen molar-refractivity contribution in [2.24, 2.45) is 5.73 Å². The molecule has 0 radical (unpaired) electrons. The first kappa shape index (κ1) is 14.4. The SMILES string of the molecule is Cc1cc(C(N)c2cccc(F)c2Br)c(Cl)cc1F. The molecule has 100 valence electrons. The Labute approximate surface area is 123 Å². The van der Waals surface area contributed by atoms with Gasteiger partial charge in [-0.1, -0.05) is 23.7 Å². The van der Waals surface area contributed by atoms with Gasteiger partial charge in [0, 0.05) is 5.02 Å². The normalized spacial score (nSPS) is 12.5. The summed E-state index contributed by atoms with van der Waals surface area (Å²) in [4.78, 5) is 0. The molecule has 0 amide bonds. The van der Waals surface area contributed by atoms with E-state index in [-0.39, 0.29) is 10.8 Å². The lowest BCUT2D eigenvalue weighted by atomic mass is 9.98. The maximum Gasteiger partial charge on any atom is 0.137 e. The maximum absolute atomic E-state index is 13.5. The lowest BCUT2D eigenvalue weighted by Gasteiger charge is -2.17. The van der Waals surface area contributed by atoms with Crippen molar-refractivity contribution >= 4 is 27.5 Å². The van der Waals surface area contributed by atoms with Crippen molar-refractivity contribution < 1.29 is 8.78 Å². The Hall–Kier alpha value is -0.970. The Kier molecular flexibility index (Phi) is 4.23. The molecule has 0 aliphatic heterocycles. The van der Waals surface area contributed by atoms with Crippen LogP contribution in [0, 0.1) is 18.6 Å². The molecule has 19 heavy (non-hydrogen) atoms. The number of nitrogens with two attached hydrogens (primary N) is 1. The molecule has 0 aliphatic carbocycles. The summed E-state index contributed by atoms with van der Waals surface area (Å²) in [6.45, 7) is 1.63. The van der Waals surface area contributed by atoms with Crippen molar-refractivity contribution in [1.29, 1.82) is 0 Å². The summed E-state index contributed by atoms with van der Waals surface area (Å²) < 4.78 is 27.2. The molecule has 1 unspecified atom stereocenters. The predicted molar refractivity (Wildman–Crippen MR) is 76.3 cm³/mol. The van der Waals surface area contributed by atoms with Crippen LogP contribution in [-0.4, -0.2) is 0 Å². The average Bonchev–Trinajstić information content (AvgIpc) is 2.36. The van der Waals surface area contributed by atoms with Crippen LogP contribution < -0.4 is 5.73 Å². The minimum atomic E-state index is -0.628. The molecule has 2 N–H and O–H groups in total. The first-order chi connectivity index (χ1) is 8.91. The first-order valence-electron chi connectivity index (χ1n) is 5.57. The summed E-state index contributed by atoms with van der Waals surface area (Å²) in [7, 11) is 0. The molecule has 0 saturated heterocycles. The number of hydrogen-bond acceptors (Lipinski definition) is 1. The highest BCUT2D eigenvalue weighted by atomic mass is 79.9. The lowest BCUT2D eigenvalue weighted by Crippen LogP contribution is -2.14. The molecule has 0 bridgehead atoms. The summed E-state index contributed by atoms with van der Waals surface area (Å²) in [5.74, 6) is -0.790. The topological polar surface area (TPSA) is 26.0 Å². The molecule has 1 atom stereocenters. The number of aryl methyl sites for hydroxylation is 1. The minimum Gasteiger partial charge on any atom is -0.320 e. The van der Waals surface area contributed by atoms with E-state index >= 15 is 0 Å². The van der Waals surface area contributed by atoms with Crippen LogP contribution in [0.5, 0.6) is 0 Å². The van der Waals surface area contributed by atoms with Gasteiger partial charge in [0.1, 0.15) is 11.6 Å². The summed E-state index contributed by atoms with van der Waals surface area (Å²) in [5.41, 5.74) is 7.67. The van der Waals surface area contributed by atoms with Crippen LogP contribution in [0.2, 0.25) is 5.02 Å². The second kappa shape index (κ2) is 5.57. The van der Waals surface area contributed by atoms with Crippen LogP contribution in [0.4, 0.5) is 8.78 Å². The smallest absolute Gasteiger partial charge is 0.137 e. The molecule has 0 saturated carbocycles. The molecule has 2 aromatic carbocycles. The summed E-state index contributed by atoms with van der Waals surface area (Å²) in [5, 5.41) is 0.228. The van der Waals surface area contributed by atoms with Crippen LogP contribution >= 0.6 is 27.5 Å². The molecule has 0 spiro atoms. The zero-order chi connectivity index (χ0) is 14.2. The number of halogens is 4. The second-order valence-corrected chi connectivity index (χ2v) is 5.44. The van der Waals surface area contributed by atoms with Gasteiger partial charge in [-0.05, 0) is 57.7 Å². The molecular weight excluding hydrogens is 336 g/mol. The Morgan fingerprint density at radius 3 is 2.53 bits per heavy atom. The third-order valence-corrected chi connectivity index (χ3v) is 4.09. The van der Waals surface area contributed by atoms with E-state index in [1.807, 2.05) is 0 Å². The third kappa shape index (κ3) is 2.81. The van der Waals surface area contributed by atoms with E-state index in [0.717, 1.165) is 0 Å². The van der Waals surface area contributed by atoms with Crippen LogP contribution in [0.25, 0.3) is 0 Å². The summed E-state index contributed by atoms with van der Waals surface area (Å²) in [6, 6.07) is 6.78. The zero-order valence-electron chi connectivity index (χ0n) is 10.1. The number of hydrogen-bond donors (Lipinski definition) is 1. The molecule has 0 fully saturated rings. The standard InChI is InChI=1S/C14H11BrClF2N/c1-7-5-9(10(16)6-12(7)18)14(19)8-3-2-4-11(17)13(8)15/h2-6,14H,19H2,1H3. The van der Waals surface area contributed by atoms with Gasteiger partial charge in [-0.2, -0.15) is 0 Å². The van der Waals surface area contributed by atoms with Crippen molar-refractivity contribution in [3.8, 4) is 0 Å².